The summed E-state index contributed by atoms with van der Waals surface area (Å²) in [5.74, 6) is 0. The van der Waals surface area contributed by atoms with Crippen molar-refractivity contribution >= 4 is 11.6 Å². The van der Waals surface area contributed by atoms with Gasteiger partial charge in [-0.2, -0.15) is 0 Å². The van der Waals surface area contributed by atoms with Gasteiger partial charge in [0.2, 0.25) is 0 Å². The summed E-state index contributed by atoms with van der Waals surface area (Å²) in [6.45, 7) is 4.26. The number of hydrogen-bond acceptors (Lipinski definition) is 3. The fourth-order valence-corrected chi connectivity index (χ4v) is 3.05. The monoisotopic (exact) mass is 301 g/mol. The predicted molar refractivity (Wildman–Crippen MR) is 86.6 cm³/mol. The molecule has 2 heterocycles. The Kier molecular flexibility index (Phi) is 4.86. The van der Waals surface area contributed by atoms with Crippen molar-refractivity contribution in [2.75, 3.05) is 26.2 Å². The standard InChI is InChI=1S/C17H20ClN3/c18-16-6-4-14(5-7-16)17(15-3-1-8-20-13-15)21-11-2-9-19-10-12-21/h1,3-8,13,17,19H,2,9-12H2. The van der Waals surface area contributed by atoms with Crippen LogP contribution < -0.4 is 5.32 Å². The number of hydrogen-bond donors (Lipinski definition) is 1. The van der Waals surface area contributed by atoms with Gasteiger partial charge >= 0.3 is 0 Å². The Labute approximate surface area is 131 Å². The number of nitrogens with one attached hydrogen (secondary N) is 1. The van der Waals surface area contributed by atoms with Crippen LogP contribution in [0, 0.1) is 0 Å². The van der Waals surface area contributed by atoms with Gasteiger partial charge in [-0.15, -0.1) is 0 Å². The van der Waals surface area contributed by atoms with Crippen molar-refractivity contribution in [2.45, 2.75) is 12.5 Å². The third-order valence-electron chi connectivity index (χ3n) is 3.93. The molecule has 1 N–H and O–H groups in total. The SMILES string of the molecule is Clc1ccc(C(c2cccnc2)N2CCCNCC2)cc1. The second-order valence-corrected chi connectivity index (χ2v) is 5.82. The Morgan fingerprint density at radius 2 is 1.90 bits per heavy atom. The lowest BCUT2D eigenvalue weighted by molar-refractivity contribution is 0.241. The highest BCUT2D eigenvalue weighted by molar-refractivity contribution is 6.30. The minimum atomic E-state index is 0.246. The molecule has 1 fully saturated rings. The molecule has 0 aliphatic carbocycles. The number of aromatic nitrogens is 1. The van der Waals surface area contributed by atoms with E-state index in [2.05, 4.69) is 33.4 Å². The summed E-state index contributed by atoms with van der Waals surface area (Å²) in [6.07, 6.45) is 4.97. The van der Waals surface area contributed by atoms with Gasteiger partial charge in [0.25, 0.3) is 0 Å². The van der Waals surface area contributed by atoms with E-state index in [-0.39, 0.29) is 6.04 Å². The fraction of sp³-hybridized carbons (Fsp3) is 0.353. The normalized spacial score (nSPS) is 18.1. The summed E-state index contributed by atoms with van der Waals surface area (Å²) >= 11 is 6.04. The van der Waals surface area contributed by atoms with Crippen LogP contribution in [-0.4, -0.2) is 36.1 Å². The minimum Gasteiger partial charge on any atom is -0.315 e. The molecule has 2 aromatic rings. The third-order valence-corrected chi connectivity index (χ3v) is 4.18. The maximum atomic E-state index is 6.04. The Morgan fingerprint density at radius 1 is 1.05 bits per heavy atom. The smallest absolute Gasteiger partial charge is 0.0617 e. The van der Waals surface area contributed by atoms with Crippen LogP contribution in [0.3, 0.4) is 0 Å². The zero-order valence-electron chi connectivity index (χ0n) is 12.0. The zero-order chi connectivity index (χ0) is 14.5. The molecule has 0 amide bonds. The summed E-state index contributed by atoms with van der Waals surface area (Å²) in [6, 6.07) is 12.6. The second kappa shape index (κ2) is 7.03. The maximum Gasteiger partial charge on any atom is 0.0617 e. The van der Waals surface area contributed by atoms with Crippen molar-refractivity contribution in [1.82, 2.24) is 15.2 Å². The molecule has 1 aliphatic rings. The van der Waals surface area contributed by atoms with Crippen LogP contribution in [0.5, 0.6) is 0 Å². The quantitative estimate of drug-likeness (QED) is 0.944. The zero-order valence-corrected chi connectivity index (χ0v) is 12.8. The van der Waals surface area contributed by atoms with E-state index in [4.69, 9.17) is 11.6 Å². The molecular formula is C17H20ClN3. The molecule has 110 valence electrons. The van der Waals surface area contributed by atoms with Gasteiger partial charge in [0, 0.05) is 37.1 Å². The summed E-state index contributed by atoms with van der Waals surface area (Å²) in [4.78, 5) is 6.83. The van der Waals surface area contributed by atoms with Gasteiger partial charge in [-0.05, 0) is 42.3 Å². The van der Waals surface area contributed by atoms with Crippen LogP contribution in [0.25, 0.3) is 0 Å². The van der Waals surface area contributed by atoms with E-state index in [1.54, 1.807) is 0 Å². The van der Waals surface area contributed by atoms with E-state index in [0.717, 1.165) is 31.2 Å². The summed E-state index contributed by atoms with van der Waals surface area (Å²) in [5, 5.41) is 4.24. The first kappa shape index (κ1) is 14.5. The van der Waals surface area contributed by atoms with E-state index in [9.17, 15) is 0 Å². The lowest BCUT2D eigenvalue weighted by atomic mass is 9.98. The Bertz CT molecular complexity index is 548. The summed E-state index contributed by atoms with van der Waals surface area (Å²) < 4.78 is 0. The molecular weight excluding hydrogens is 282 g/mol. The van der Waals surface area contributed by atoms with Crippen LogP contribution in [0.2, 0.25) is 5.02 Å². The molecule has 3 nitrogen and oxygen atoms in total. The molecule has 1 aromatic carbocycles. The van der Waals surface area contributed by atoms with Crippen molar-refractivity contribution < 1.29 is 0 Å². The Hall–Kier alpha value is -1.42. The average Bonchev–Trinajstić information content (AvgIpc) is 2.80. The van der Waals surface area contributed by atoms with E-state index in [1.807, 2.05) is 30.6 Å². The molecule has 21 heavy (non-hydrogen) atoms. The Balaban J connectivity index is 1.95. The molecule has 0 spiro atoms. The summed E-state index contributed by atoms with van der Waals surface area (Å²) in [7, 11) is 0. The van der Waals surface area contributed by atoms with Crippen molar-refractivity contribution in [1.29, 1.82) is 0 Å². The number of nitrogens with zero attached hydrogens (tertiary/aromatic N) is 2. The van der Waals surface area contributed by atoms with Gasteiger partial charge in [0.05, 0.1) is 6.04 Å². The van der Waals surface area contributed by atoms with Gasteiger partial charge < -0.3 is 5.32 Å². The number of benzene rings is 1. The average molecular weight is 302 g/mol. The lowest BCUT2D eigenvalue weighted by Crippen LogP contribution is -2.33. The van der Waals surface area contributed by atoms with Crippen molar-refractivity contribution in [3.05, 3.63) is 64.9 Å². The molecule has 0 radical (unpaired) electrons. The van der Waals surface area contributed by atoms with Gasteiger partial charge in [0.15, 0.2) is 0 Å². The Morgan fingerprint density at radius 3 is 2.67 bits per heavy atom. The van der Waals surface area contributed by atoms with E-state index < -0.39 is 0 Å². The van der Waals surface area contributed by atoms with Crippen LogP contribution in [0.4, 0.5) is 0 Å². The molecule has 1 aromatic heterocycles. The topological polar surface area (TPSA) is 28.2 Å². The predicted octanol–water partition coefficient (Wildman–Crippen LogP) is 3.12. The first-order valence-corrected chi connectivity index (χ1v) is 7.82. The highest BCUT2D eigenvalue weighted by Gasteiger charge is 2.23. The minimum absolute atomic E-state index is 0.246. The van der Waals surface area contributed by atoms with E-state index in [1.165, 1.54) is 17.5 Å². The molecule has 1 saturated heterocycles. The van der Waals surface area contributed by atoms with Gasteiger partial charge in [-0.25, -0.2) is 0 Å². The first-order chi connectivity index (χ1) is 10.3. The van der Waals surface area contributed by atoms with Crippen molar-refractivity contribution in [2.24, 2.45) is 0 Å². The molecule has 1 atom stereocenters. The highest BCUT2D eigenvalue weighted by atomic mass is 35.5. The molecule has 1 aliphatic heterocycles. The van der Waals surface area contributed by atoms with Gasteiger partial charge in [-0.1, -0.05) is 29.8 Å². The van der Waals surface area contributed by atoms with Gasteiger partial charge in [0.1, 0.15) is 0 Å². The molecule has 0 saturated carbocycles. The van der Waals surface area contributed by atoms with Gasteiger partial charge in [-0.3, -0.25) is 9.88 Å². The van der Waals surface area contributed by atoms with Crippen LogP contribution in [0.1, 0.15) is 23.6 Å². The largest absolute Gasteiger partial charge is 0.315 e. The molecule has 3 rings (SSSR count). The second-order valence-electron chi connectivity index (χ2n) is 5.38. The van der Waals surface area contributed by atoms with E-state index in [0.29, 0.717) is 0 Å². The number of pyridine rings is 1. The van der Waals surface area contributed by atoms with Crippen LogP contribution in [0.15, 0.2) is 48.8 Å². The summed E-state index contributed by atoms with van der Waals surface area (Å²) in [5.41, 5.74) is 2.51. The molecule has 1 unspecified atom stereocenters. The maximum absolute atomic E-state index is 6.04. The van der Waals surface area contributed by atoms with Crippen molar-refractivity contribution in [3.63, 3.8) is 0 Å². The first-order valence-electron chi connectivity index (χ1n) is 7.45. The number of rotatable bonds is 3. The van der Waals surface area contributed by atoms with Crippen LogP contribution >= 0.6 is 11.6 Å². The highest BCUT2D eigenvalue weighted by Crippen LogP contribution is 2.29. The lowest BCUT2D eigenvalue weighted by Gasteiger charge is -2.31. The molecule has 0 bridgehead atoms. The fourth-order valence-electron chi connectivity index (χ4n) is 2.92. The van der Waals surface area contributed by atoms with Crippen LogP contribution in [-0.2, 0) is 0 Å². The molecule has 4 heteroatoms. The van der Waals surface area contributed by atoms with Crippen molar-refractivity contribution in [3.8, 4) is 0 Å². The number of halogens is 1. The van der Waals surface area contributed by atoms with E-state index >= 15 is 0 Å². The third kappa shape index (κ3) is 3.62.